The molecule has 2 aromatic rings. The van der Waals surface area contributed by atoms with Gasteiger partial charge in [0.05, 0.1) is 19.3 Å². The molecule has 6 heteroatoms. The molecule has 0 aliphatic rings. The molecule has 0 radical (unpaired) electrons. The van der Waals surface area contributed by atoms with E-state index in [-0.39, 0.29) is 36.3 Å². The van der Waals surface area contributed by atoms with Crippen LogP contribution in [0.1, 0.15) is 47.5 Å². The first-order valence-corrected chi connectivity index (χ1v) is 12.6. The Hall–Kier alpha value is -2.44. The van der Waals surface area contributed by atoms with E-state index in [2.05, 4.69) is 45.0 Å². The van der Waals surface area contributed by atoms with Gasteiger partial charge < -0.3 is 13.9 Å². The van der Waals surface area contributed by atoms with Crippen LogP contribution in [-0.2, 0) is 23.5 Å². The number of carbonyl (C=O) groups is 2. The largest absolute Gasteiger partial charge is 0.466 e. The first kappa shape index (κ1) is 24.8. The lowest BCUT2D eigenvalue weighted by atomic mass is 10.2. The van der Waals surface area contributed by atoms with Crippen LogP contribution in [-0.4, -0.2) is 39.6 Å². The van der Waals surface area contributed by atoms with E-state index < -0.39 is 8.32 Å². The zero-order chi connectivity index (χ0) is 22.9. The lowest BCUT2D eigenvalue weighted by Gasteiger charge is -2.45. The Bertz CT molecular complexity index is 770. The van der Waals surface area contributed by atoms with Crippen molar-refractivity contribution in [2.45, 2.75) is 58.6 Å². The van der Waals surface area contributed by atoms with Crippen molar-refractivity contribution >= 4 is 30.6 Å². The summed E-state index contributed by atoms with van der Waals surface area (Å²) in [5.74, 6) is -0.631. The molecular weight excluding hydrogens is 408 g/mol. The van der Waals surface area contributed by atoms with Crippen molar-refractivity contribution in [2.24, 2.45) is 0 Å². The van der Waals surface area contributed by atoms with E-state index in [0.29, 0.717) is 12.8 Å². The van der Waals surface area contributed by atoms with Crippen molar-refractivity contribution in [1.82, 2.24) is 0 Å². The molecule has 0 atom stereocenters. The van der Waals surface area contributed by atoms with Gasteiger partial charge in [-0.1, -0.05) is 81.4 Å². The van der Waals surface area contributed by atoms with E-state index in [1.165, 1.54) is 24.2 Å². The second kappa shape index (κ2) is 11.3. The number of benzene rings is 2. The molecule has 168 valence electrons. The summed E-state index contributed by atoms with van der Waals surface area (Å²) in [4.78, 5) is 22.6. The van der Waals surface area contributed by atoms with Crippen LogP contribution >= 0.6 is 0 Å². The van der Waals surface area contributed by atoms with Gasteiger partial charge in [0.1, 0.15) is 0 Å². The molecule has 0 saturated carbocycles. The molecule has 0 aliphatic heterocycles. The van der Waals surface area contributed by atoms with Gasteiger partial charge in [-0.05, 0) is 15.4 Å². The monoisotopic (exact) mass is 442 g/mol. The molecule has 0 N–H and O–H groups in total. The van der Waals surface area contributed by atoms with E-state index in [1.54, 1.807) is 0 Å². The summed E-state index contributed by atoms with van der Waals surface area (Å²) < 4.78 is 17.5. The number of hydrogen-bond donors (Lipinski definition) is 0. The molecule has 31 heavy (non-hydrogen) atoms. The Balaban J connectivity index is 2.48. The van der Waals surface area contributed by atoms with Crippen LogP contribution in [0.2, 0.25) is 5.04 Å². The van der Waals surface area contributed by atoms with Crippen LogP contribution < -0.4 is 10.4 Å². The van der Waals surface area contributed by atoms with E-state index in [0.717, 1.165) is 0 Å². The van der Waals surface area contributed by atoms with E-state index in [9.17, 15) is 9.59 Å². The standard InChI is InChI=1S/C25H34O5Si/c1-20(26)28-18-16-22(17-19-29-21(2)27)30-31(25(3,4)5,23-12-8-6-9-13-23)24-14-10-7-11-15-24/h6-15,22H,16-19H2,1-5H3. The second-order valence-corrected chi connectivity index (χ2v) is 12.9. The average molecular weight is 443 g/mol. The Kier molecular flexibility index (Phi) is 9.01. The van der Waals surface area contributed by atoms with Crippen molar-refractivity contribution in [3.63, 3.8) is 0 Å². The normalized spacial score (nSPS) is 11.9. The summed E-state index contributed by atoms with van der Waals surface area (Å²) in [7, 11) is -2.75. The summed E-state index contributed by atoms with van der Waals surface area (Å²) in [5, 5.41) is 2.19. The van der Waals surface area contributed by atoms with E-state index in [4.69, 9.17) is 13.9 Å². The van der Waals surface area contributed by atoms with Crippen LogP contribution in [0.15, 0.2) is 60.7 Å². The Labute approximate surface area is 186 Å². The number of carbonyl (C=O) groups excluding carboxylic acids is 2. The minimum absolute atomic E-state index is 0.170. The van der Waals surface area contributed by atoms with Crippen LogP contribution in [0.3, 0.4) is 0 Å². The highest BCUT2D eigenvalue weighted by atomic mass is 28.4. The minimum Gasteiger partial charge on any atom is -0.466 e. The van der Waals surface area contributed by atoms with Crippen molar-refractivity contribution in [3.8, 4) is 0 Å². The van der Waals surface area contributed by atoms with Gasteiger partial charge in [0, 0.05) is 26.7 Å². The summed E-state index contributed by atoms with van der Waals surface area (Å²) in [6.07, 6.45) is 0.835. The van der Waals surface area contributed by atoms with Gasteiger partial charge >= 0.3 is 11.9 Å². The lowest BCUT2D eigenvalue weighted by molar-refractivity contribution is -0.141. The lowest BCUT2D eigenvalue weighted by Crippen LogP contribution is -2.67. The first-order chi connectivity index (χ1) is 14.7. The van der Waals surface area contributed by atoms with Gasteiger partial charge in [-0.15, -0.1) is 0 Å². The molecule has 0 unspecified atom stereocenters. The minimum atomic E-state index is -2.75. The number of ether oxygens (including phenoxy) is 2. The molecule has 0 saturated heterocycles. The van der Waals surface area contributed by atoms with Gasteiger partial charge in [-0.3, -0.25) is 9.59 Å². The molecule has 0 spiro atoms. The predicted molar refractivity (Wildman–Crippen MR) is 125 cm³/mol. The molecule has 0 amide bonds. The summed E-state index contributed by atoms with van der Waals surface area (Å²) >= 11 is 0. The van der Waals surface area contributed by atoms with Gasteiger partial charge in [0.15, 0.2) is 0 Å². The summed E-state index contributed by atoms with van der Waals surface area (Å²) in [6.45, 7) is 9.97. The average Bonchev–Trinajstić information content (AvgIpc) is 2.71. The zero-order valence-corrected chi connectivity index (χ0v) is 20.2. The zero-order valence-electron chi connectivity index (χ0n) is 19.2. The molecule has 2 rings (SSSR count). The maximum Gasteiger partial charge on any atom is 0.302 e. The first-order valence-electron chi connectivity index (χ1n) is 10.7. The fraction of sp³-hybridized carbons (Fsp3) is 0.440. The van der Waals surface area contributed by atoms with E-state index in [1.807, 2.05) is 36.4 Å². The number of hydrogen-bond acceptors (Lipinski definition) is 5. The van der Waals surface area contributed by atoms with E-state index >= 15 is 0 Å². The van der Waals surface area contributed by atoms with Gasteiger partial charge in [-0.2, -0.15) is 0 Å². The van der Waals surface area contributed by atoms with Crippen LogP contribution in [0.25, 0.3) is 0 Å². The highest BCUT2D eigenvalue weighted by Gasteiger charge is 2.51. The molecule has 0 fully saturated rings. The Morgan fingerprint density at radius 2 is 1.16 bits per heavy atom. The molecule has 0 bridgehead atoms. The fourth-order valence-corrected chi connectivity index (χ4v) is 8.62. The van der Waals surface area contributed by atoms with Crippen molar-refractivity contribution in [2.75, 3.05) is 13.2 Å². The van der Waals surface area contributed by atoms with Crippen LogP contribution in [0, 0.1) is 0 Å². The highest BCUT2D eigenvalue weighted by Crippen LogP contribution is 2.38. The SMILES string of the molecule is CC(=O)OCCC(CCOC(C)=O)O[Si](c1ccccc1)(c1ccccc1)C(C)(C)C. The van der Waals surface area contributed by atoms with Gasteiger partial charge in [-0.25, -0.2) is 0 Å². The molecular formula is C25H34O5Si. The third-order valence-electron chi connectivity index (χ3n) is 5.25. The number of rotatable bonds is 10. The molecule has 0 aromatic heterocycles. The van der Waals surface area contributed by atoms with Crippen molar-refractivity contribution < 1.29 is 23.5 Å². The third kappa shape index (κ3) is 6.77. The Morgan fingerprint density at radius 1 is 0.774 bits per heavy atom. The van der Waals surface area contributed by atoms with Gasteiger partial charge in [0.25, 0.3) is 8.32 Å². The van der Waals surface area contributed by atoms with Crippen LogP contribution in [0.5, 0.6) is 0 Å². The quantitative estimate of drug-likeness (QED) is 0.413. The maximum absolute atomic E-state index is 11.3. The fourth-order valence-electron chi connectivity index (χ4n) is 3.87. The smallest absolute Gasteiger partial charge is 0.302 e. The molecule has 5 nitrogen and oxygen atoms in total. The topological polar surface area (TPSA) is 61.8 Å². The summed E-state index contributed by atoms with van der Waals surface area (Å²) in [5.41, 5.74) is 0. The number of esters is 2. The second-order valence-electron chi connectivity index (χ2n) is 8.66. The molecule has 0 aliphatic carbocycles. The third-order valence-corrected chi connectivity index (χ3v) is 10.3. The molecule has 2 aromatic carbocycles. The van der Waals surface area contributed by atoms with Crippen LogP contribution in [0.4, 0.5) is 0 Å². The molecule has 0 heterocycles. The Morgan fingerprint density at radius 3 is 1.48 bits per heavy atom. The van der Waals surface area contributed by atoms with Crippen molar-refractivity contribution in [3.05, 3.63) is 60.7 Å². The summed E-state index contributed by atoms with van der Waals surface area (Å²) in [6, 6.07) is 20.7. The highest BCUT2D eigenvalue weighted by molar-refractivity contribution is 6.99. The predicted octanol–water partition coefficient (Wildman–Crippen LogP) is 3.84. The van der Waals surface area contributed by atoms with Gasteiger partial charge in [0.2, 0.25) is 0 Å². The van der Waals surface area contributed by atoms with Crippen molar-refractivity contribution in [1.29, 1.82) is 0 Å². The maximum atomic E-state index is 11.3.